The van der Waals surface area contributed by atoms with Crippen molar-refractivity contribution in [2.75, 3.05) is 13.7 Å². The van der Waals surface area contributed by atoms with Gasteiger partial charge in [0.15, 0.2) is 0 Å². The van der Waals surface area contributed by atoms with Gasteiger partial charge in [0.05, 0.1) is 11.3 Å². The lowest BCUT2D eigenvalue weighted by Gasteiger charge is -2.02. The molecule has 5 heteroatoms. The molecule has 15 heavy (non-hydrogen) atoms. The summed E-state index contributed by atoms with van der Waals surface area (Å²) in [7, 11) is 1.67. The standard InChI is InChI=1S/C10H15N3O2/c1-15-4-2-3-9-12-8-6-11-5-7(8)10(14)13-9/h11H,2-6H2,1H3,(H,12,13,14). The van der Waals surface area contributed by atoms with Crippen LogP contribution in [-0.2, 0) is 24.2 Å². The fourth-order valence-electron chi connectivity index (χ4n) is 1.73. The van der Waals surface area contributed by atoms with Crippen LogP contribution >= 0.6 is 0 Å². The number of ether oxygens (including phenoxy) is 1. The van der Waals surface area contributed by atoms with Crippen molar-refractivity contribution in [2.24, 2.45) is 0 Å². The van der Waals surface area contributed by atoms with Crippen molar-refractivity contribution in [1.82, 2.24) is 15.3 Å². The number of aromatic nitrogens is 2. The molecule has 0 saturated carbocycles. The fourth-order valence-corrected chi connectivity index (χ4v) is 1.73. The molecule has 0 aliphatic carbocycles. The van der Waals surface area contributed by atoms with Crippen molar-refractivity contribution in [2.45, 2.75) is 25.9 Å². The van der Waals surface area contributed by atoms with Crippen LogP contribution in [0.3, 0.4) is 0 Å². The summed E-state index contributed by atoms with van der Waals surface area (Å²) in [6.07, 6.45) is 1.64. The maximum atomic E-state index is 11.6. The second kappa shape index (κ2) is 4.55. The van der Waals surface area contributed by atoms with Crippen LogP contribution in [0.25, 0.3) is 0 Å². The van der Waals surface area contributed by atoms with Crippen LogP contribution in [0, 0.1) is 0 Å². The molecule has 2 N–H and O–H groups in total. The molecular formula is C10H15N3O2. The van der Waals surface area contributed by atoms with Crippen LogP contribution in [-0.4, -0.2) is 23.7 Å². The lowest BCUT2D eigenvalue weighted by atomic mass is 10.2. The largest absolute Gasteiger partial charge is 0.385 e. The summed E-state index contributed by atoms with van der Waals surface area (Å²) in [5.74, 6) is 0.763. The zero-order chi connectivity index (χ0) is 10.7. The Balaban J connectivity index is 2.13. The number of rotatable bonds is 4. The highest BCUT2D eigenvalue weighted by Crippen LogP contribution is 2.07. The molecule has 0 spiro atoms. The van der Waals surface area contributed by atoms with Crippen molar-refractivity contribution in [3.8, 4) is 0 Å². The fraction of sp³-hybridized carbons (Fsp3) is 0.600. The Hall–Kier alpha value is -1.20. The number of methoxy groups -OCH3 is 1. The monoisotopic (exact) mass is 209 g/mol. The summed E-state index contributed by atoms with van der Waals surface area (Å²) < 4.78 is 4.95. The first kappa shape index (κ1) is 10.3. The summed E-state index contributed by atoms with van der Waals surface area (Å²) in [6.45, 7) is 2.03. The minimum Gasteiger partial charge on any atom is -0.385 e. The lowest BCUT2D eigenvalue weighted by Crippen LogP contribution is -2.17. The van der Waals surface area contributed by atoms with Crippen LogP contribution < -0.4 is 10.9 Å². The third-order valence-corrected chi connectivity index (χ3v) is 2.51. The van der Waals surface area contributed by atoms with E-state index in [-0.39, 0.29) is 5.56 Å². The van der Waals surface area contributed by atoms with E-state index in [4.69, 9.17) is 4.74 Å². The predicted octanol–water partition coefficient (Wildman–Crippen LogP) is -0.0479. The first-order valence-corrected chi connectivity index (χ1v) is 5.12. The Labute approximate surface area is 87.9 Å². The molecule has 5 nitrogen and oxygen atoms in total. The molecule has 0 fully saturated rings. The van der Waals surface area contributed by atoms with Crippen LogP contribution in [0.5, 0.6) is 0 Å². The average molecular weight is 209 g/mol. The van der Waals surface area contributed by atoms with Crippen molar-refractivity contribution in [3.63, 3.8) is 0 Å². The molecule has 0 bridgehead atoms. The van der Waals surface area contributed by atoms with E-state index in [1.807, 2.05) is 0 Å². The van der Waals surface area contributed by atoms with Gasteiger partial charge in [-0.1, -0.05) is 0 Å². The molecule has 2 rings (SSSR count). The summed E-state index contributed by atoms with van der Waals surface area (Å²) in [5, 5.41) is 3.12. The van der Waals surface area contributed by atoms with Crippen LogP contribution in [0.2, 0.25) is 0 Å². The van der Waals surface area contributed by atoms with Gasteiger partial charge in [0.2, 0.25) is 0 Å². The second-order valence-electron chi connectivity index (χ2n) is 3.64. The molecule has 82 valence electrons. The van der Waals surface area contributed by atoms with Crippen LogP contribution in [0.1, 0.15) is 23.5 Å². The molecule has 0 saturated heterocycles. The van der Waals surface area contributed by atoms with Gasteiger partial charge in [0, 0.05) is 33.2 Å². The minimum absolute atomic E-state index is 0.00239. The third kappa shape index (κ3) is 2.24. The van der Waals surface area contributed by atoms with Gasteiger partial charge in [-0.05, 0) is 6.42 Å². The Kier molecular flexibility index (Phi) is 3.13. The highest BCUT2D eigenvalue weighted by molar-refractivity contribution is 5.21. The van der Waals surface area contributed by atoms with E-state index in [1.165, 1.54) is 0 Å². The Morgan fingerprint density at radius 1 is 1.47 bits per heavy atom. The maximum Gasteiger partial charge on any atom is 0.255 e. The number of nitrogens with zero attached hydrogens (tertiary/aromatic N) is 1. The molecule has 1 aromatic heterocycles. The van der Waals surface area contributed by atoms with Gasteiger partial charge in [-0.3, -0.25) is 4.79 Å². The number of hydrogen-bond donors (Lipinski definition) is 2. The molecule has 1 aromatic rings. The summed E-state index contributed by atoms with van der Waals surface area (Å²) in [6, 6.07) is 0. The number of aryl methyl sites for hydroxylation is 1. The highest BCUT2D eigenvalue weighted by Gasteiger charge is 2.15. The van der Waals surface area contributed by atoms with E-state index < -0.39 is 0 Å². The summed E-state index contributed by atoms with van der Waals surface area (Å²) in [5.41, 5.74) is 1.68. The number of fused-ring (bicyclic) bond motifs is 1. The van der Waals surface area contributed by atoms with Crippen molar-refractivity contribution >= 4 is 0 Å². The van der Waals surface area contributed by atoms with E-state index in [0.717, 1.165) is 29.9 Å². The normalized spacial score (nSPS) is 14.2. The molecule has 0 atom stereocenters. The van der Waals surface area contributed by atoms with Gasteiger partial charge in [-0.2, -0.15) is 0 Å². The molecular weight excluding hydrogens is 194 g/mol. The highest BCUT2D eigenvalue weighted by atomic mass is 16.5. The van der Waals surface area contributed by atoms with Gasteiger partial charge >= 0.3 is 0 Å². The molecule has 1 aliphatic rings. The van der Waals surface area contributed by atoms with Crippen molar-refractivity contribution in [1.29, 1.82) is 0 Å². The third-order valence-electron chi connectivity index (χ3n) is 2.51. The Morgan fingerprint density at radius 2 is 2.33 bits per heavy atom. The second-order valence-corrected chi connectivity index (χ2v) is 3.64. The number of aromatic amines is 1. The van der Waals surface area contributed by atoms with E-state index in [1.54, 1.807) is 7.11 Å². The molecule has 0 radical (unpaired) electrons. The lowest BCUT2D eigenvalue weighted by molar-refractivity contribution is 0.194. The summed E-state index contributed by atoms with van der Waals surface area (Å²) in [4.78, 5) is 18.8. The molecule has 0 aromatic carbocycles. The molecule has 1 aliphatic heterocycles. The topological polar surface area (TPSA) is 67.0 Å². The first-order valence-electron chi connectivity index (χ1n) is 5.12. The average Bonchev–Trinajstić information content (AvgIpc) is 2.66. The van der Waals surface area contributed by atoms with E-state index in [2.05, 4.69) is 15.3 Å². The predicted molar refractivity (Wildman–Crippen MR) is 55.6 cm³/mol. The first-order chi connectivity index (χ1) is 7.31. The Morgan fingerprint density at radius 3 is 3.13 bits per heavy atom. The number of nitrogens with one attached hydrogen (secondary N) is 2. The summed E-state index contributed by atoms with van der Waals surface area (Å²) >= 11 is 0. The quantitative estimate of drug-likeness (QED) is 0.682. The van der Waals surface area contributed by atoms with Crippen LogP contribution in [0.4, 0.5) is 0 Å². The SMILES string of the molecule is COCCCc1nc2c(c(=O)[nH]1)CNC2. The molecule has 0 amide bonds. The Bertz CT molecular complexity index is 400. The number of H-pyrrole nitrogens is 1. The van der Waals surface area contributed by atoms with Gasteiger partial charge in [0.1, 0.15) is 5.82 Å². The zero-order valence-corrected chi connectivity index (χ0v) is 8.80. The number of hydrogen-bond acceptors (Lipinski definition) is 4. The van der Waals surface area contributed by atoms with E-state index in [9.17, 15) is 4.79 Å². The maximum absolute atomic E-state index is 11.6. The van der Waals surface area contributed by atoms with Crippen molar-refractivity contribution in [3.05, 3.63) is 27.4 Å². The van der Waals surface area contributed by atoms with Crippen molar-refractivity contribution < 1.29 is 4.74 Å². The smallest absolute Gasteiger partial charge is 0.255 e. The van der Waals surface area contributed by atoms with Gasteiger partial charge in [-0.15, -0.1) is 0 Å². The zero-order valence-electron chi connectivity index (χ0n) is 8.80. The van der Waals surface area contributed by atoms with Gasteiger partial charge < -0.3 is 15.0 Å². The van der Waals surface area contributed by atoms with Gasteiger partial charge in [0.25, 0.3) is 5.56 Å². The van der Waals surface area contributed by atoms with E-state index >= 15 is 0 Å². The van der Waals surface area contributed by atoms with Gasteiger partial charge in [-0.25, -0.2) is 4.98 Å². The minimum atomic E-state index is -0.00239. The van der Waals surface area contributed by atoms with Crippen LogP contribution in [0.15, 0.2) is 4.79 Å². The molecule has 0 unspecified atom stereocenters. The molecule has 2 heterocycles. The van der Waals surface area contributed by atoms with E-state index in [0.29, 0.717) is 19.7 Å².